The molecule has 0 amide bonds. The second-order valence-corrected chi connectivity index (χ2v) is 4.22. The van der Waals surface area contributed by atoms with Crippen molar-refractivity contribution < 1.29 is 14.0 Å². The molecule has 0 unspecified atom stereocenters. The minimum absolute atomic E-state index is 0.288. The van der Waals surface area contributed by atoms with Gasteiger partial charge >= 0.3 is 0 Å². The van der Waals surface area contributed by atoms with Crippen LogP contribution in [0.25, 0.3) is 0 Å². The van der Waals surface area contributed by atoms with Crippen LogP contribution in [0.5, 0.6) is 0 Å². The lowest BCUT2D eigenvalue weighted by molar-refractivity contribution is 0.0894. The number of halogens is 1. The molecule has 0 saturated carbocycles. The molecule has 0 bridgehead atoms. The number of Topliss-reactive ketones (excluding diaryl/α,β-unsaturated/α-hetero) is 2. The number of nitriles is 1. The van der Waals surface area contributed by atoms with Crippen LogP contribution in [0.3, 0.4) is 0 Å². The standard InChI is InChI=1S/C16H10FNO2/c17-14-6-4-12(5-7-14)15(19)9-16(20)13-3-1-2-11(8-13)10-18/h1-8H,9H2. The molecule has 4 heteroatoms. The van der Waals surface area contributed by atoms with E-state index >= 15 is 0 Å². The van der Waals surface area contributed by atoms with E-state index in [1.54, 1.807) is 18.2 Å². The van der Waals surface area contributed by atoms with Crippen molar-refractivity contribution in [2.24, 2.45) is 0 Å². The molecule has 98 valence electrons. The van der Waals surface area contributed by atoms with Gasteiger partial charge in [-0.15, -0.1) is 0 Å². The number of ketones is 2. The van der Waals surface area contributed by atoms with E-state index in [0.717, 1.165) is 0 Å². The maximum absolute atomic E-state index is 12.8. The number of nitrogens with zero attached hydrogens (tertiary/aromatic N) is 1. The highest BCUT2D eigenvalue weighted by Crippen LogP contribution is 2.11. The largest absolute Gasteiger partial charge is 0.294 e. The molecule has 0 aliphatic carbocycles. The molecule has 0 atom stereocenters. The predicted molar refractivity (Wildman–Crippen MR) is 70.8 cm³/mol. The van der Waals surface area contributed by atoms with Gasteiger partial charge in [-0.1, -0.05) is 12.1 Å². The van der Waals surface area contributed by atoms with E-state index in [2.05, 4.69) is 0 Å². The second-order valence-electron chi connectivity index (χ2n) is 4.22. The van der Waals surface area contributed by atoms with Gasteiger partial charge in [0, 0.05) is 11.1 Å². The van der Waals surface area contributed by atoms with Gasteiger partial charge in [0.2, 0.25) is 0 Å². The molecule has 0 saturated heterocycles. The number of rotatable bonds is 4. The maximum Gasteiger partial charge on any atom is 0.170 e. The molecule has 3 nitrogen and oxygen atoms in total. The van der Waals surface area contributed by atoms with Gasteiger partial charge in [-0.05, 0) is 36.4 Å². The van der Waals surface area contributed by atoms with Gasteiger partial charge in [-0.3, -0.25) is 9.59 Å². The van der Waals surface area contributed by atoms with Gasteiger partial charge in [0.15, 0.2) is 11.6 Å². The molecule has 0 aromatic heterocycles. The molecule has 20 heavy (non-hydrogen) atoms. The van der Waals surface area contributed by atoms with Crippen LogP contribution in [0.4, 0.5) is 4.39 Å². The maximum atomic E-state index is 12.8. The molecule has 2 aromatic rings. The average Bonchev–Trinajstić information content (AvgIpc) is 2.47. The summed E-state index contributed by atoms with van der Waals surface area (Å²) in [5.41, 5.74) is 0.973. The Balaban J connectivity index is 2.13. The molecule has 0 spiro atoms. The summed E-state index contributed by atoms with van der Waals surface area (Å²) < 4.78 is 12.8. The SMILES string of the molecule is N#Cc1cccc(C(=O)CC(=O)c2ccc(F)cc2)c1. The molecule has 0 fully saturated rings. The third kappa shape index (κ3) is 3.15. The number of hydrogen-bond acceptors (Lipinski definition) is 3. The topological polar surface area (TPSA) is 57.9 Å². The number of hydrogen-bond donors (Lipinski definition) is 0. The Morgan fingerprint density at radius 1 is 1.00 bits per heavy atom. The summed E-state index contributed by atoms with van der Waals surface area (Å²) in [7, 11) is 0. The molecule has 0 radical (unpaired) electrons. The lowest BCUT2D eigenvalue weighted by atomic mass is 10.0. The van der Waals surface area contributed by atoms with E-state index in [9.17, 15) is 14.0 Å². The van der Waals surface area contributed by atoms with Crippen molar-refractivity contribution in [1.29, 1.82) is 5.26 Å². The first-order valence-corrected chi connectivity index (χ1v) is 5.92. The minimum Gasteiger partial charge on any atom is -0.294 e. The van der Waals surface area contributed by atoms with Crippen LogP contribution >= 0.6 is 0 Å². The third-order valence-corrected chi connectivity index (χ3v) is 2.80. The van der Waals surface area contributed by atoms with Gasteiger partial charge in [0.25, 0.3) is 0 Å². The highest BCUT2D eigenvalue weighted by Gasteiger charge is 2.14. The highest BCUT2D eigenvalue weighted by atomic mass is 19.1. The lowest BCUT2D eigenvalue weighted by Gasteiger charge is -2.02. The van der Waals surface area contributed by atoms with Crippen LogP contribution in [0.2, 0.25) is 0 Å². The van der Waals surface area contributed by atoms with Gasteiger partial charge in [0.05, 0.1) is 18.1 Å². The Bertz CT molecular complexity index is 699. The van der Waals surface area contributed by atoms with Gasteiger partial charge < -0.3 is 0 Å². The fourth-order valence-electron chi connectivity index (χ4n) is 1.75. The van der Waals surface area contributed by atoms with Crippen molar-refractivity contribution in [3.05, 3.63) is 71.0 Å². The zero-order valence-electron chi connectivity index (χ0n) is 10.5. The zero-order valence-corrected chi connectivity index (χ0v) is 10.5. The van der Waals surface area contributed by atoms with Crippen LogP contribution in [-0.4, -0.2) is 11.6 Å². The van der Waals surface area contributed by atoms with Crippen LogP contribution in [0.1, 0.15) is 32.7 Å². The Morgan fingerprint density at radius 3 is 2.30 bits per heavy atom. The summed E-state index contributed by atoms with van der Waals surface area (Å²) in [6, 6.07) is 13.1. The third-order valence-electron chi connectivity index (χ3n) is 2.80. The first-order valence-electron chi connectivity index (χ1n) is 5.92. The molecule has 0 heterocycles. The van der Waals surface area contributed by atoms with Crippen molar-refractivity contribution in [3.8, 4) is 6.07 Å². The van der Waals surface area contributed by atoms with Gasteiger partial charge in [-0.25, -0.2) is 4.39 Å². The highest BCUT2D eigenvalue weighted by molar-refractivity contribution is 6.13. The summed E-state index contributed by atoms with van der Waals surface area (Å²) in [4.78, 5) is 23.8. The molecule has 0 N–H and O–H groups in total. The van der Waals surface area contributed by atoms with Gasteiger partial charge in [-0.2, -0.15) is 5.26 Å². The van der Waals surface area contributed by atoms with E-state index in [4.69, 9.17) is 5.26 Å². The Kier molecular flexibility index (Phi) is 4.02. The summed E-state index contributed by atoms with van der Waals surface area (Å²) in [5, 5.41) is 8.77. The molecule has 2 rings (SSSR count). The Morgan fingerprint density at radius 2 is 1.65 bits per heavy atom. The van der Waals surface area contributed by atoms with Crippen LogP contribution < -0.4 is 0 Å². The second kappa shape index (κ2) is 5.89. The first kappa shape index (κ1) is 13.6. The number of carbonyl (C=O) groups excluding carboxylic acids is 2. The summed E-state index contributed by atoms with van der Waals surface area (Å²) in [5.74, 6) is -1.18. The van der Waals surface area contributed by atoms with Crippen molar-refractivity contribution in [3.63, 3.8) is 0 Å². The normalized spacial score (nSPS) is 9.80. The Hall–Kier alpha value is -2.80. The smallest absolute Gasteiger partial charge is 0.170 e. The molecule has 2 aromatic carbocycles. The average molecular weight is 267 g/mol. The molecular weight excluding hydrogens is 257 g/mol. The quantitative estimate of drug-likeness (QED) is 0.631. The van der Waals surface area contributed by atoms with Crippen LogP contribution in [-0.2, 0) is 0 Å². The molecular formula is C16H10FNO2. The summed E-state index contributed by atoms with van der Waals surface area (Å²) in [6.45, 7) is 0. The molecule has 0 aliphatic heterocycles. The lowest BCUT2D eigenvalue weighted by Crippen LogP contribution is -2.08. The first-order chi connectivity index (χ1) is 9.60. The van der Waals surface area contributed by atoms with E-state index in [1.165, 1.54) is 30.3 Å². The monoisotopic (exact) mass is 267 g/mol. The fourth-order valence-corrected chi connectivity index (χ4v) is 1.75. The fraction of sp³-hybridized carbons (Fsp3) is 0.0625. The van der Waals surface area contributed by atoms with E-state index in [-0.39, 0.29) is 23.6 Å². The summed E-state index contributed by atoms with van der Waals surface area (Å²) >= 11 is 0. The van der Waals surface area contributed by atoms with Crippen LogP contribution in [0, 0.1) is 17.1 Å². The van der Waals surface area contributed by atoms with E-state index in [0.29, 0.717) is 11.1 Å². The van der Waals surface area contributed by atoms with Crippen molar-refractivity contribution in [2.45, 2.75) is 6.42 Å². The minimum atomic E-state index is -0.436. The number of benzene rings is 2. The zero-order chi connectivity index (χ0) is 14.5. The number of carbonyl (C=O) groups is 2. The van der Waals surface area contributed by atoms with Crippen molar-refractivity contribution in [1.82, 2.24) is 0 Å². The van der Waals surface area contributed by atoms with Crippen LogP contribution in [0.15, 0.2) is 48.5 Å². The summed E-state index contributed by atoms with van der Waals surface area (Å²) in [6.07, 6.45) is -0.305. The van der Waals surface area contributed by atoms with Crippen molar-refractivity contribution >= 4 is 11.6 Å². The van der Waals surface area contributed by atoms with Gasteiger partial charge in [0.1, 0.15) is 5.82 Å². The Labute approximate surface area is 115 Å². The predicted octanol–water partition coefficient (Wildman–Crippen LogP) is 3.15. The van der Waals surface area contributed by atoms with E-state index < -0.39 is 5.82 Å². The molecule has 0 aliphatic rings. The van der Waals surface area contributed by atoms with Crippen molar-refractivity contribution in [2.75, 3.05) is 0 Å². The van der Waals surface area contributed by atoms with E-state index in [1.807, 2.05) is 6.07 Å².